The van der Waals surface area contributed by atoms with Crippen LogP contribution in [0.25, 0.3) is 0 Å². The lowest BCUT2D eigenvalue weighted by Gasteiger charge is -2.34. The Morgan fingerprint density at radius 3 is 3.00 bits per heavy atom. The summed E-state index contributed by atoms with van der Waals surface area (Å²) in [4.78, 5) is 14.9. The highest BCUT2D eigenvalue weighted by molar-refractivity contribution is 7.13. The van der Waals surface area contributed by atoms with Crippen molar-refractivity contribution in [3.05, 3.63) is 11.1 Å². The van der Waals surface area contributed by atoms with E-state index in [1.54, 1.807) is 0 Å². The minimum atomic E-state index is -0.783. The molecule has 0 unspecified atom stereocenters. The molecule has 0 bridgehead atoms. The van der Waals surface area contributed by atoms with Crippen LogP contribution in [0, 0.1) is 0 Å². The standard InChI is InChI=1S/C12H18N2O3S/c1-12(4-6-17-7-5-12)14-11-13-9(8-18-11)2-3-10(15)16/h8H,2-7H2,1H3,(H,13,14)(H,15,16). The van der Waals surface area contributed by atoms with Crippen molar-refractivity contribution >= 4 is 22.4 Å². The summed E-state index contributed by atoms with van der Waals surface area (Å²) in [5.74, 6) is -0.783. The molecule has 6 heteroatoms. The third-order valence-corrected chi connectivity index (χ3v) is 3.96. The second-order valence-corrected chi connectivity index (χ2v) is 5.69. The number of hydrogen-bond acceptors (Lipinski definition) is 5. The number of nitrogens with zero attached hydrogens (tertiary/aromatic N) is 1. The normalized spacial score (nSPS) is 18.5. The van der Waals surface area contributed by atoms with Crippen LogP contribution in [0.5, 0.6) is 0 Å². The maximum absolute atomic E-state index is 10.5. The van der Waals surface area contributed by atoms with Crippen LogP contribution in [0.15, 0.2) is 5.38 Å². The number of rotatable bonds is 5. The van der Waals surface area contributed by atoms with E-state index in [0.717, 1.165) is 36.9 Å². The van der Waals surface area contributed by atoms with Gasteiger partial charge in [0.05, 0.1) is 12.1 Å². The molecule has 0 spiro atoms. The molecule has 1 aromatic heterocycles. The van der Waals surface area contributed by atoms with Crippen molar-refractivity contribution in [2.24, 2.45) is 0 Å². The van der Waals surface area contributed by atoms with Gasteiger partial charge in [-0.3, -0.25) is 4.79 Å². The molecule has 0 amide bonds. The van der Waals surface area contributed by atoms with Crippen LogP contribution in [0.2, 0.25) is 0 Å². The van der Waals surface area contributed by atoms with E-state index in [-0.39, 0.29) is 12.0 Å². The quantitative estimate of drug-likeness (QED) is 0.857. The van der Waals surface area contributed by atoms with Gasteiger partial charge in [0.25, 0.3) is 0 Å². The fourth-order valence-corrected chi connectivity index (χ4v) is 2.81. The smallest absolute Gasteiger partial charge is 0.303 e. The molecule has 1 fully saturated rings. The Morgan fingerprint density at radius 2 is 2.33 bits per heavy atom. The van der Waals surface area contributed by atoms with Crippen LogP contribution >= 0.6 is 11.3 Å². The number of hydrogen-bond donors (Lipinski definition) is 2. The van der Waals surface area contributed by atoms with Gasteiger partial charge in [-0.05, 0) is 19.8 Å². The first-order chi connectivity index (χ1) is 8.57. The molecule has 100 valence electrons. The maximum Gasteiger partial charge on any atom is 0.303 e. The lowest BCUT2D eigenvalue weighted by atomic mass is 9.93. The highest BCUT2D eigenvalue weighted by Crippen LogP contribution is 2.27. The molecule has 0 radical (unpaired) electrons. The van der Waals surface area contributed by atoms with Gasteiger partial charge in [-0.25, -0.2) is 4.98 Å². The molecule has 2 rings (SSSR count). The monoisotopic (exact) mass is 270 g/mol. The summed E-state index contributed by atoms with van der Waals surface area (Å²) in [6.45, 7) is 3.73. The zero-order chi connectivity index (χ0) is 13.0. The predicted molar refractivity (Wildman–Crippen MR) is 70.2 cm³/mol. The van der Waals surface area contributed by atoms with E-state index in [4.69, 9.17) is 9.84 Å². The van der Waals surface area contributed by atoms with Crippen LogP contribution < -0.4 is 5.32 Å². The van der Waals surface area contributed by atoms with Crippen molar-refractivity contribution in [2.45, 2.75) is 38.1 Å². The number of aryl methyl sites for hydroxylation is 1. The van der Waals surface area contributed by atoms with Gasteiger partial charge in [-0.2, -0.15) is 0 Å². The van der Waals surface area contributed by atoms with E-state index in [1.807, 2.05) is 5.38 Å². The van der Waals surface area contributed by atoms with Crippen molar-refractivity contribution in [1.29, 1.82) is 0 Å². The first-order valence-corrected chi connectivity index (χ1v) is 6.97. The summed E-state index contributed by atoms with van der Waals surface area (Å²) >= 11 is 1.54. The Morgan fingerprint density at radius 1 is 1.61 bits per heavy atom. The third kappa shape index (κ3) is 3.68. The lowest BCUT2D eigenvalue weighted by molar-refractivity contribution is -0.136. The average molecular weight is 270 g/mol. The SMILES string of the molecule is CC1(Nc2nc(CCC(=O)O)cs2)CCOCC1. The number of thiazole rings is 1. The Balaban J connectivity index is 1.91. The summed E-state index contributed by atoms with van der Waals surface area (Å²) in [7, 11) is 0. The second-order valence-electron chi connectivity index (χ2n) is 4.84. The van der Waals surface area contributed by atoms with Crippen molar-refractivity contribution in [2.75, 3.05) is 18.5 Å². The van der Waals surface area contributed by atoms with Crippen molar-refractivity contribution in [3.63, 3.8) is 0 Å². The summed E-state index contributed by atoms with van der Waals surface area (Å²) in [5.41, 5.74) is 0.890. The summed E-state index contributed by atoms with van der Waals surface area (Å²) in [6, 6.07) is 0. The number of nitrogens with one attached hydrogen (secondary N) is 1. The van der Waals surface area contributed by atoms with Crippen LogP contribution in [0.1, 0.15) is 31.9 Å². The third-order valence-electron chi connectivity index (χ3n) is 3.15. The van der Waals surface area contributed by atoms with Gasteiger partial charge in [-0.1, -0.05) is 0 Å². The molecule has 0 saturated carbocycles. The average Bonchev–Trinajstić information content (AvgIpc) is 2.74. The Hall–Kier alpha value is -1.14. The van der Waals surface area contributed by atoms with Gasteiger partial charge in [0.15, 0.2) is 5.13 Å². The van der Waals surface area contributed by atoms with Crippen molar-refractivity contribution < 1.29 is 14.6 Å². The number of anilines is 1. The summed E-state index contributed by atoms with van der Waals surface area (Å²) in [5, 5.41) is 14.9. The first-order valence-electron chi connectivity index (χ1n) is 6.10. The van der Waals surface area contributed by atoms with Crippen molar-refractivity contribution in [1.82, 2.24) is 4.98 Å². The highest BCUT2D eigenvalue weighted by Gasteiger charge is 2.27. The number of carboxylic acids is 1. The van der Waals surface area contributed by atoms with Crippen LogP contribution in [0.4, 0.5) is 5.13 Å². The Bertz CT molecular complexity index is 413. The molecule has 2 heterocycles. The lowest BCUT2D eigenvalue weighted by Crippen LogP contribution is -2.40. The van der Waals surface area contributed by atoms with E-state index < -0.39 is 5.97 Å². The second kappa shape index (κ2) is 5.67. The van der Waals surface area contributed by atoms with E-state index in [1.165, 1.54) is 11.3 Å². The van der Waals surface area contributed by atoms with E-state index in [9.17, 15) is 4.79 Å². The van der Waals surface area contributed by atoms with Gasteiger partial charge in [0, 0.05) is 30.6 Å². The van der Waals surface area contributed by atoms with E-state index >= 15 is 0 Å². The van der Waals surface area contributed by atoms with E-state index in [2.05, 4.69) is 17.2 Å². The van der Waals surface area contributed by atoms with Gasteiger partial charge in [0.2, 0.25) is 0 Å². The molecule has 0 aromatic carbocycles. The number of carbonyl (C=O) groups is 1. The van der Waals surface area contributed by atoms with Gasteiger partial charge in [-0.15, -0.1) is 11.3 Å². The molecule has 1 saturated heterocycles. The van der Waals surface area contributed by atoms with Gasteiger partial charge >= 0.3 is 5.97 Å². The Kier molecular flexibility index (Phi) is 4.19. The number of aromatic nitrogens is 1. The van der Waals surface area contributed by atoms with E-state index in [0.29, 0.717) is 6.42 Å². The molecule has 18 heavy (non-hydrogen) atoms. The molecule has 1 aliphatic heterocycles. The molecule has 1 aliphatic rings. The van der Waals surface area contributed by atoms with Crippen LogP contribution in [0.3, 0.4) is 0 Å². The fraction of sp³-hybridized carbons (Fsp3) is 0.667. The fourth-order valence-electron chi connectivity index (χ4n) is 1.92. The number of ether oxygens (including phenoxy) is 1. The minimum absolute atomic E-state index is 0.0418. The zero-order valence-electron chi connectivity index (χ0n) is 10.4. The Labute approximate surface area is 110 Å². The maximum atomic E-state index is 10.5. The zero-order valence-corrected chi connectivity index (χ0v) is 11.3. The number of aliphatic carboxylic acids is 1. The molecule has 2 N–H and O–H groups in total. The van der Waals surface area contributed by atoms with Crippen LogP contribution in [-0.2, 0) is 16.0 Å². The largest absolute Gasteiger partial charge is 0.481 e. The van der Waals surface area contributed by atoms with Gasteiger partial charge in [0.1, 0.15) is 0 Å². The summed E-state index contributed by atoms with van der Waals surface area (Å²) in [6.07, 6.45) is 2.57. The molecular formula is C12H18N2O3S. The molecule has 0 aliphatic carbocycles. The van der Waals surface area contributed by atoms with Gasteiger partial charge < -0.3 is 15.2 Å². The highest BCUT2D eigenvalue weighted by atomic mass is 32.1. The molecule has 1 aromatic rings. The van der Waals surface area contributed by atoms with Crippen LogP contribution in [-0.4, -0.2) is 34.8 Å². The van der Waals surface area contributed by atoms with Crippen molar-refractivity contribution in [3.8, 4) is 0 Å². The molecular weight excluding hydrogens is 252 g/mol. The number of carboxylic acid groups (broad SMARTS) is 1. The topological polar surface area (TPSA) is 71.5 Å². The summed E-state index contributed by atoms with van der Waals surface area (Å²) < 4.78 is 5.35. The molecule has 5 nitrogen and oxygen atoms in total. The minimum Gasteiger partial charge on any atom is -0.481 e. The predicted octanol–water partition coefficient (Wildman–Crippen LogP) is 2.14. The molecule has 0 atom stereocenters. The first kappa shape index (κ1) is 13.3.